The molecular weight excluding hydrogens is 1670 g/mol. The molecule has 1 aliphatic rings. The molecule has 0 saturated carbocycles. The van der Waals surface area contributed by atoms with Gasteiger partial charge in [-0.05, 0) is 217 Å². The van der Waals surface area contributed by atoms with Crippen molar-refractivity contribution in [2.45, 2.75) is 159 Å². The molecule has 0 unspecified atom stereocenters. The number of halogens is 17. The maximum atomic E-state index is 13.0. The fourth-order valence-electron chi connectivity index (χ4n) is 10.4. The zero-order valence-corrected chi connectivity index (χ0v) is 70.7. The van der Waals surface area contributed by atoms with Crippen molar-refractivity contribution in [2.24, 2.45) is 0 Å². The summed E-state index contributed by atoms with van der Waals surface area (Å²) in [6.07, 6.45) is -2.38. The first-order chi connectivity index (χ1) is 57.1. The molecule has 10 aromatic carbocycles. The summed E-state index contributed by atoms with van der Waals surface area (Å²) in [5.41, 5.74) is 5.04. The highest BCUT2D eigenvalue weighted by molar-refractivity contribution is 6.32. The Morgan fingerprint density at radius 1 is 0.446 bits per heavy atom. The lowest BCUT2D eigenvalue weighted by molar-refractivity contribution is -0.385. The van der Waals surface area contributed by atoms with E-state index >= 15 is 0 Å². The minimum absolute atomic E-state index is 0.0618. The molecule has 2 N–H and O–H groups in total. The van der Waals surface area contributed by atoms with Crippen LogP contribution in [0.2, 0.25) is 15.1 Å². The van der Waals surface area contributed by atoms with Gasteiger partial charge in [0.05, 0.1) is 33.6 Å². The standard InChI is InChI=1S/C12H11NO3.C11H14O.C9H9ClO2.3C9H8F4.C9H12O.C8H8ClF.C8H9ClO.C8H8FNO2/c1-2-11-6-7-12(16-11)9-4-3-5-10(8-9)13(14)15;1-3-4-5-10-6-8-11(12-2)9-7-10;1-2-6-3-8-9(4-7(6)10)12-5-11-8;1-2-6-5-7(9(11,12)13)3-4-8(6)10;1-2-6-3-4-7(5-8(6)10)9(11,12)13;1-2-6-4-3-5-7(8(6)10)9(11,12)13;1-3-8-6-4-5-7(2)9(8)10;2*1-2-6-3-4-7(10)5-8(6)9;1-2-6-5-7(10(11)12)3-4-8(6)9/h3-8H,2H2,1H3;4-9H,3H2,1-2H3;3-4H,2,5H2,1H3;3*3-5H,2H2,1H3;4-6,10H,3H2,1-2H3;3-5H,2H2,1H3;3-5,10H,2H2,1H3;3-5H,2H2,1H3/b;5-4+;;;;;;;;. The Labute approximate surface area is 710 Å². The van der Waals surface area contributed by atoms with E-state index in [4.69, 9.17) is 58.5 Å². The number of allylic oxidation sites excluding steroid dienone is 1. The van der Waals surface area contributed by atoms with Crippen LogP contribution in [0, 0.1) is 56.2 Å². The highest BCUT2D eigenvalue weighted by Crippen LogP contribution is 2.38. The van der Waals surface area contributed by atoms with Gasteiger partial charge in [-0.25, -0.2) is 22.0 Å². The fourth-order valence-corrected chi connectivity index (χ4v) is 11.3. The molecule has 2 heterocycles. The number of phenols is 2. The van der Waals surface area contributed by atoms with Crippen LogP contribution in [0.5, 0.6) is 28.7 Å². The number of furan rings is 1. The van der Waals surface area contributed by atoms with Crippen LogP contribution in [-0.4, -0.2) is 34.0 Å². The minimum atomic E-state index is -4.60. The summed E-state index contributed by atoms with van der Waals surface area (Å²) in [7, 11) is 1.68. The predicted octanol–water partition coefficient (Wildman–Crippen LogP) is 29.6. The van der Waals surface area contributed by atoms with Crippen LogP contribution in [-0.2, 0) is 76.3 Å². The first kappa shape index (κ1) is 104. The Bertz CT molecular complexity index is 5020. The molecule has 0 atom stereocenters. The van der Waals surface area contributed by atoms with E-state index in [1.54, 1.807) is 65.1 Å². The van der Waals surface area contributed by atoms with Gasteiger partial charge in [0, 0.05) is 57.4 Å². The predicted molar refractivity (Wildman–Crippen MR) is 450 cm³/mol. The molecule has 0 saturated heterocycles. The number of benzene rings is 10. The molecule has 0 bridgehead atoms. The Morgan fingerprint density at radius 3 is 1.43 bits per heavy atom. The average Bonchev–Trinajstić information content (AvgIpc) is 0.896. The van der Waals surface area contributed by atoms with Crippen LogP contribution in [0.4, 0.5) is 72.8 Å². The van der Waals surface area contributed by atoms with Crippen molar-refractivity contribution in [3.63, 3.8) is 0 Å². The second-order valence-corrected chi connectivity index (χ2v) is 26.9. The summed E-state index contributed by atoms with van der Waals surface area (Å²) in [6, 6.07) is 49.1. The number of methoxy groups -OCH3 is 1. The topological polar surface area (TPSA) is 168 Å². The van der Waals surface area contributed by atoms with Gasteiger partial charge in [-0.15, -0.1) is 0 Å². The zero-order chi connectivity index (χ0) is 90.9. The number of hydrogen-bond donors (Lipinski definition) is 2. The molecule has 11 aromatic rings. The molecule has 1 aromatic heterocycles. The number of aromatic hydroxyl groups is 2. The second kappa shape index (κ2) is 52.2. The first-order valence-corrected chi connectivity index (χ1v) is 39.1. The van der Waals surface area contributed by atoms with Crippen LogP contribution < -0.4 is 14.2 Å². The summed E-state index contributed by atoms with van der Waals surface area (Å²) >= 11 is 17.4. The SMILES string of the molecule is CC/C=C/c1ccc(OC)cc1.CCc1cc(C(F)(F)F)ccc1F.CCc1cc([N+](=O)[O-])ccc1F.CCc1cc2c(cc1Cl)OCO2.CCc1ccc(-c2cccc([N+](=O)[O-])c2)o1.CCc1ccc(C(F)(F)F)cc1F.CCc1ccc(F)cc1Cl.CCc1ccc(O)cc1Cl.CCc1cccc(C(F)(F)F)c1F.CCc1cccc(C)c1O. The zero-order valence-electron chi connectivity index (χ0n) is 68.5. The van der Waals surface area contributed by atoms with E-state index in [1.807, 2.05) is 107 Å². The monoisotopic (exact) mass is 1760 g/mol. The highest BCUT2D eigenvalue weighted by atomic mass is 35.5. The third kappa shape index (κ3) is 35.6. The van der Waals surface area contributed by atoms with E-state index in [1.165, 1.54) is 48.0 Å². The number of nitrogens with zero attached hydrogens (tertiary/aromatic N) is 2. The molecule has 0 aliphatic carbocycles. The lowest BCUT2D eigenvalue weighted by atomic mass is 10.1. The third-order valence-electron chi connectivity index (χ3n) is 17.4. The summed E-state index contributed by atoms with van der Waals surface area (Å²) in [6.45, 7) is 21.1. The van der Waals surface area contributed by atoms with Crippen molar-refractivity contribution < 1.29 is 100 Å². The average molecular weight is 1760 g/mol. The minimum Gasteiger partial charge on any atom is -0.508 e. The smallest absolute Gasteiger partial charge is 0.419 e. The number of nitro groups is 2. The number of aryl methyl sites for hydroxylation is 10. The van der Waals surface area contributed by atoms with Crippen LogP contribution in [0.1, 0.15) is 154 Å². The van der Waals surface area contributed by atoms with E-state index in [9.17, 15) is 86.8 Å². The number of nitro benzene ring substituents is 2. The van der Waals surface area contributed by atoms with Crippen molar-refractivity contribution in [1.29, 1.82) is 0 Å². The van der Waals surface area contributed by atoms with Crippen LogP contribution in [0.3, 0.4) is 0 Å². The number of hydrogen-bond acceptors (Lipinski definition) is 10. The Morgan fingerprint density at radius 2 is 0.934 bits per heavy atom. The number of fused-ring (bicyclic) bond motifs is 1. The Hall–Kier alpha value is -11.1. The molecular formula is C92H95Cl3F14N2O10. The lowest BCUT2D eigenvalue weighted by Gasteiger charge is -2.09. The third-order valence-corrected chi connectivity index (χ3v) is 18.4. The molecule has 29 heteroatoms. The van der Waals surface area contributed by atoms with Gasteiger partial charge >= 0.3 is 18.5 Å². The molecule has 652 valence electrons. The molecule has 0 radical (unpaired) electrons. The molecule has 0 amide bonds. The Kier molecular flexibility index (Phi) is 44.9. The van der Waals surface area contributed by atoms with Gasteiger partial charge in [0.1, 0.15) is 57.9 Å². The summed E-state index contributed by atoms with van der Waals surface area (Å²) in [4.78, 5) is 19.9. The van der Waals surface area contributed by atoms with Gasteiger partial charge < -0.3 is 28.8 Å². The first-order valence-electron chi connectivity index (χ1n) is 38.0. The normalized spacial score (nSPS) is 11.0. The van der Waals surface area contributed by atoms with E-state index in [2.05, 4.69) is 26.0 Å². The maximum absolute atomic E-state index is 13.0. The molecule has 12 rings (SSSR count). The van der Waals surface area contributed by atoms with Crippen molar-refractivity contribution in [3.05, 3.63) is 349 Å². The van der Waals surface area contributed by atoms with E-state index in [-0.39, 0.29) is 52.7 Å². The van der Waals surface area contributed by atoms with Crippen molar-refractivity contribution in [1.82, 2.24) is 0 Å². The fraction of sp³-hybridized carbons (Fsp3) is 0.283. The lowest BCUT2D eigenvalue weighted by Crippen LogP contribution is -2.09. The van der Waals surface area contributed by atoms with Gasteiger partial charge in [-0.3, -0.25) is 20.2 Å². The van der Waals surface area contributed by atoms with Crippen molar-refractivity contribution >= 4 is 52.3 Å². The summed E-state index contributed by atoms with van der Waals surface area (Å²) < 4.78 is 194. The molecule has 0 spiro atoms. The van der Waals surface area contributed by atoms with E-state index in [0.29, 0.717) is 58.4 Å². The summed E-state index contributed by atoms with van der Waals surface area (Å²) in [5.74, 6) is 1.47. The van der Waals surface area contributed by atoms with Crippen molar-refractivity contribution in [2.75, 3.05) is 13.9 Å². The number of rotatable bonds is 15. The number of para-hydroxylation sites is 1. The summed E-state index contributed by atoms with van der Waals surface area (Å²) in [5, 5.41) is 41.1. The van der Waals surface area contributed by atoms with Gasteiger partial charge in [0.15, 0.2) is 11.5 Å². The quantitative estimate of drug-likeness (QED) is 0.0573. The number of non-ortho nitro benzene ring substituents is 2. The molecule has 121 heavy (non-hydrogen) atoms. The van der Waals surface area contributed by atoms with Gasteiger partial charge in [0.2, 0.25) is 6.79 Å². The number of phenolic OH excluding ortho intramolecular Hbond substituents is 2. The van der Waals surface area contributed by atoms with Gasteiger partial charge in [0.25, 0.3) is 11.4 Å². The number of ether oxygens (including phenoxy) is 3. The number of alkyl halides is 9. The highest BCUT2D eigenvalue weighted by Gasteiger charge is 2.35. The van der Waals surface area contributed by atoms with Gasteiger partial charge in [-0.1, -0.05) is 189 Å². The largest absolute Gasteiger partial charge is 0.508 e. The van der Waals surface area contributed by atoms with E-state index < -0.39 is 62.5 Å². The van der Waals surface area contributed by atoms with Gasteiger partial charge in [-0.2, -0.15) is 39.5 Å². The maximum Gasteiger partial charge on any atom is 0.419 e. The van der Waals surface area contributed by atoms with E-state index in [0.717, 1.165) is 148 Å². The van der Waals surface area contributed by atoms with Crippen molar-refractivity contribution in [3.8, 4) is 40.1 Å². The molecule has 0 fully saturated rings. The molecule has 1 aliphatic heterocycles. The van der Waals surface area contributed by atoms with Crippen LogP contribution in [0.15, 0.2) is 211 Å². The molecule has 12 nitrogen and oxygen atoms in total. The Balaban J connectivity index is 0.000000348. The van der Waals surface area contributed by atoms with Crippen LogP contribution >= 0.6 is 34.8 Å². The van der Waals surface area contributed by atoms with Crippen LogP contribution in [0.25, 0.3) is 17.4 Å². The second-order valence-electron chi connectivity index (χ2n) is 25.6.